The van der Waals surface area contributed by atoms with E-state index in [1.54, 1.807) is 7.11 Å². The number of hydrogen-bond donors (Lipinski definition) is 0. The van der Waals surface area contributed by atoms with E-state index in [4.69, 9.17) is 14.2 Å². The molecule has 2 aromatic rings. The zero-order valence-corrected chi connectivity index (χ0v) is 14.9. The molecule has 0 bridgehead atoms. The van der Waals surface area contributed by atoms with Gasteiger partial charge in [-0.25, -0.2) is 4.98 Å². The van der Waals surface area contributed by atoms with Gasteiger partial charge in [-0.1, -0.05) is 0 Å². The number of fused-ring (bicyclic) bond motifs is 2. The summed E-state index contributed by atoms with van der Waals surface area (Å²) in [6, 6.07) is 0. The molecule has 4 atom stereocenters. The van der Waals surface area contributed by atoms with Gasteiger partial charge in [-0.15, -0.1) is 0 Å². The molecule has 7 nitrogen and oxygen atoms in total. The monoisotopic (exact) mass is 345 g/mol. The minimum absolute atomic E-state index is 0.0527. The van der Waals surface area contributed by atoms with Crippen LogP contribution in [0, 0.1) is 5.92 Å². The van der Waals surface area contributed by atoms with E-state index in [1.807, 2.05) is 13.8 Å². The van der Waals surface area contributed by atoms with E-state index in [0.717, 1.165) is 29.4 Å². The molecule has 4 rings (SSSR count). The lowest BCUT2D eigenvalue weighted by atomic mass is 9.96. The summed E-state index contributed by atoms with van der Waals surface area (Å²) < 4.78 is 19.7. The number of methoxy groups -OCH3 is 1. The van der Waals surface area contributed by atoms with Gasteiger partial charge in [0.25, 0.3) is 0 Å². The van der Waals surface area contributed by atoms with E-state index < -0.39 is 5.79 Å². The highest BCUT2D eigenvalue weighted by Gasteiger charge is 2.54. The van der Waals surface area contributed by atoms with Crippen LogP contribution in [-0.4, -0.2) is 45.9 Å². The average Bonchev–Trinajstić information content (AvgIpc) is 3.22. The van der Waals surface area contributed by atoms with E-state index >= 15 is 0 Å². The minimum Gasteiger partial charge on any atom is -0.479 e. The van der Waals surface area contributed by atoms with Crippen LogP contribution in [0.4, 0.5) is 0 Å². The summed E-state index contributed by atoms with van der Waals surface area (Å²) in [6.45, 7) is 6.64. The first-order valence-electron chi connectivity index (χ1n) is 8.67. The Labute approximate surface area is 146 Å². The van der Waals surface area contributed by atoms with Crippen LogP contribution in [0.2, 0.25) is 0 Å². The second-order valence-electron chi connectivity index (χ2n) is 7.16. The van der Waals surface area contributed by atoms with Crippen molar-refractivity contribution in [2.24, 2.45) is 5.92 Å². The summed E-state index contributed by atoms with van der Waals surface area (Å²) in [4.78, 5) is 20.3. The van der Waals surface area contributed by atoms with Crippen LogP contribution in [0.5, 0.6) is 5.88 Å². The van der Waals surface area contributed by atoms with Gasteiger partial charge in [0.2, 0.25) is 5.88 Å². The first-order chi connectivity index (χ1) is 12.0. The molecule has 7 heteroatoms. The van der Waals surface area contributed by atoms with Crippen molar-refractivity contribution < 1.29 is 19.0 Å². The molecule has 1 aliphatic carbocycles. The molecule has 0 spiro atoms. The van der Waals surface area contributed by atoms with E-state index in [2.05, 4.69) is 27.7 Å². The minimum atomic E-state index is -0.676. The Morgan fingerprint density at radius 1 is 1.36 bits per heavy atom. The van der Waals surface area contributed by atoms with Gasteiger partial charge in [0, 0.05) is 30.1 Å². The lowest BCUT2D eigenvalue weighted by molar-refractivity contribution is -0.158. The predicted molar refractivity (Wildman–Crippen MR) is 90.5 cm³/mol. The van der Waals surface area contributed by atoms with Crippen LogP contribution in [0.15, 0.2) is 12.5 Å². The van der Waals surface area contributed by atoms with Crippen molar-refractivity contribution in [3.8, 4) is 5.88 Å². The van der Waals surface area contributed by atoms with Crippen molar-refractivity contribution in [2.75, 3.05) is 7.11 Å². The van der Waals surface area contributed by atoms with Crippen molar-refractivity contribution in [3.05, 3.63) is 18.1 Å². The van der Waals surface area contributed by atoms with Crippen LogP contribution in [0.3, 0.4) is 0 Å². The molecule has 134 valence electrons. The molecule has 1 saturated heterocycles. The Bertz CT molecular complexity index is 816. The molecule has 25 heavy (non-hydrogen) atoms. The number of hydrogen-bond acceptors (Lipinski definition) is 6. The lowest BCUT2D eigenvalue weighted by Gasteiger charge is -2.22. The molecule has 0 N–H and O–H groups in total. The zero-order chi connectivity index (χ0) is 17.8. The van der Waals surface area contributed by atoms with Gasteiger partial charge in [-0.05, 0) is 27.2 Å². The lowest BCUT2D eigenvalue weighted by Crippen LogP contribution is -2.25. The number of aromatic nitrogens is 3. The van der Waals surface area contributed by atoms with Gasteiger partial charge < -0.3 is 23.6 Å². The van der Waals surface area contributed by atoms with Crippen LogP contribution in [-0.2, 0) is 20.8 Å². The molecule has 2 fully saturated rings. The Balaban J connectivity index is 1.83. The number of rotatable bonds is 4. The summed E-state index contributed by atoms with van der Waals surface area (Å²) in [5.41, 5.74) is 2.81. The van der Waals surface area contributed by atoms with Crippen LogP contribution in [0.25, 0.3) is 11.0 Å². The Morgan fingerprint density at radius 3 is 2.80 bits per heavy atom. The second-order valence-corrected chi connectivity index (χ2v) is 7.16. The van der Waals surface area contributed by atoms with Crippen LogP contribution >= 0.6 is 0 Å². The van der Waals surface area contributed by atoms with Crippen LogP contribution in [0.1, 0.15) is 38.7 Å². The Hall–Kier alpha value is -1.99. The molecule has 3 heterocycles. The second kappa shape index (κ2) is 5.78. The Kier molecular flexibility index (Phi) is 3.81. The van der Waals surface area contributed by atoms with Gasteiger partial charge in [0.05, 0.1) is 24.8 Å². The fourth-order valence-electron chi connectivity index (χ4n) is 4.25. The third-order valence-corrected chi connectivity index (χ3v) is 5.26. The molecule has 1 aliphatic heterocycles. The third-order valence-electron chi connectivity index (χ3n) is 5.26. The van der Waals surface area contributed by atoms with Crippen molar-refractivity contribution in [3.63, 3.8) is 0 Å². The summed E-state index contributed by atoms with van der Waals surface area (Å²) in [6.07, 6.45) is 4.94. The number of carbonyl (C=O) groups excluding carboxylic acids is 1. The summed E-state index contributed by atoms with van der Waals surface area (Å²) in [5, 5.41) is 0. The number of carbonyl (C=O) groups is 1. The smallest absolute Gasteiger partial charge is 0.241 e. The van der Waals surface area contributed by atoms with E-state index in [0.29, 0.717) is 12.3 Å². The standard InChI is InChI=1S/C18H23N3O4/c1-5-21-7-12(13-14(21)17(23-4)20-9-19-13)11-6-10(8-22)15-16(11)25-18(2,3)24-15/h7-11,15-16H,5-6H2,1-4H3. The van der Waals surface area contributed by atoms with E-state index in [-0.39, 0.29) is 24.0 Å². The number of ether oxygens (including phenoxy) is 3. The maximum atomic E-state index is 11.6. The summed E-state index contributed by atoms with van der Waals surface area (Å²) >= 11 is 0. The Morgan fingerprint density at radius 2 is 2.12 bits per heavy atom. The SMILES string of the molecule is CCn1cc(C2CC(C=O)C3OC(C)(C)OC23)c2ncnc(OC)c21. The number of aryl methyl sites for hydroxylation is 1. The molecule has 2 aliphatic rings. The molecule has 0 radical (unpaired) electrons. The topological polar surface area (TPSA) is 75.5 Å². The van der Waals surface area contributed by atoms with E-state index in [9.17, 15) is 4.79 Å². The van der Waals surface area contributed by atoms with Gasteiger partial charge in [-0.2, -0.15) is 4.98 Å². The quantitative estimate of drug-likeness (QED) is 0.792. The molecule has 0 aromatic carbocycles. The first-order valence-corrected chi connectivity index (χ1v) is 8.67. The van der Waals surface area contributed by atoms with Crippen molar-refractivity contribution in [1.82, 2.24) is 14.5 Å². The van der Waals surface area contributed by atoms with Gasteiger partial charge in [0.15, 0.2) is 5.79 Å². The molecular formula is C18H23N3O4. The molecule has 2 aromatic heterocycles. The molecule has 1 saturated carbocycles. The van der Waals surface area contributed by atoms with Gasteiger partial charge in [0.1, 0.15) is 18.1 Å². The van der Waals surface area contributed by atoms with Crippen molar-refractivity contribution in [2.45, 2.75) is 57.6 Å². The van der Waals surface area contributed by atoms with Crippen molar-refractivity contribution in [1.29, 1.82) is 0 Å². The van der Waals surface area contributed by atoms with Gasteiger partial charge in [-0.3, -0.25) is 0 Å². The summed E-state index contributed by atoms with van der Waals surface area (Å²) in [7, 11) is 1.61. The highest BCUT2D eigenvalue weighted by Crippen LogP contribution is 2.49. The molecule has 0 amide bonds. The molecule has 4 unspecified atom stereocenters. The van der Waals surface area contributed by atoms with Crippen LogP contribution < -0.4 is 4.74 Å². The fourth-order valence-corrected chi connectivity index (χ4v) is 4.25. The van der Waals surface area contributed by atoms with Crippen molar-refractivity contribution >= 4 is 17.3 Å². The highest BCUT2D eigenvalue weighted by molar-refractivity contribution is 5.84. The largest absolute Gasteiger partial charge is 0.479 e. The normalized spacial score (nSPS) is 30.6. The number of aldehydes is 1. The maximum absolute atomic E-state index is 11.6. The fraction of sp³-hybridized carbons (Fsp3) is 0.611. The maximum Gasteiger partial charge on any atom is 0.241 e. The molecular weight excluding hydrogens is 322 g/mol. The third kappa shape index (κ3) is 2.45. The average molecular weight is 345 g/mol. The summed E-state index contributed by atoms with van der Waals surface area (Å²) in [5.74, 6) is -0.230. The first kappa shape index (κ1) is 16.5. The zero-order valence-electron chi connectivity index (χ0n) is 14.9. The van der Waals surface area contributed by atoms with E-state index in [1.165, 1.54) is 6.33 Å². The van der Waals surface area contributed by atoms with Gasteiger partial charge >= 0.3 is 0 Å². The predicted octanol–water partition coefficient (Wildman–Crippen LogP) is 2.28. The number of nitrogens with zero attached hydrogens (tertiary/aromatic N) is 3. The highest BCUT2D eigenvalue weighted by atomic mass is 16.8.